The summed E-state index contributed by atoms with van der Waals surface area (Å²) in [6, 6.07) is 19.0. The molecule has 4 aromatic rings. The van der Waals surface area contributed by atoms with Crippen LogP contribution in [0.2, 0.25) is 0 Å². The molecule has 0 aliphatic rings. The number of amides is 1. The second-order valence-electron chi connectivity index (χ2n) is 5.92. The number of aromatic amines is 1. The number of para-hydroxylation sites is 2. The van der Waals surface area contributed by atoms with Crippen LogP contribution in [0.25, 0.3) is 22.3 Å². The Morgan fingerprint density at radius 2 is 1.89 bits per heavy atom. The fourth-order valence-corrected chi connectivity index (χ4v) is 3.25. The fourth-order valence-electron chi connectivity index (χ4n) is 2.63. The Bertz CT molecular complexity index is 1060. The maximum Gasteiger partial charge on any atom is 0.237 e. The lowest BCUT2D eigenvalue weighted by Crippen LogP contribution is -2.15. The molecule has 8 heteroatoms. The quantitative estimate of drug-likeness (QED) is 0.486. The molecule has 0 saturated carbocycles. The minimum Gasteiger partial charge on any atom is -0.497 e. The van der Waals surface area contributed by atoms with E-state index in [9.17, 15) is 4.79 Å². The second-order valence-corrected chi connectivity index (χ2v) is 6.92. The number of aromatic nitrogens is 4. The van der Waals surface area contributed by atoms with Gasteiger partial charge in [0, 0.05) is 5.56 Å². The molecular formula is C20H17N5O2S. The number of anilines is 1. The summed E-state index contributed by atoms with van der Waals surface area (Å²) >= 11 is 1.32. The lowest BCUT2D eigenvalue weighted by Gasteiger charge is -2.04. The van der Waals surface area contributed by atoms with Gasteiger partial charge >= 0.3 is 0 Å². The summed E-state index contributed by atoms with van der Waals surface area (Å²) in [6.45, 7) is 0. The number of rotatable bonds is 6. The van der Waals surface area contributed by atoms with Crippen LogP contribution in [-0.2, 0) is 4.79 Å². The van der Waals surface area contributed by atoms with E-state index in [2.05, 4.69) is 25.5 Å². The Kier molecular flexibility index (Phi) is 5.20. The van der Waals surface area contributed by atoms with Gasteiger partial charge in [0.05, 0.1) is 29.6 Å². The Labute approximate surface area is 165 Å². The van der Waals surface area contributed by atoms with Crippen LogP contribution in [0.5, 0.6) is 5.75 Å². The van der Waals surface area contributed by atoms with Crippen LogP contribution in [0, 0.1) is 0 Å². The van der Waals surface area contributed by atoms with Gasteiger partial charge < -0.3 is 9.72 Å². The first-order chi connectivity index (χ1) is 13.7. The number of carbonyl (C=O) groups excluding carboxylic acids is 1. The summed E-state index contributed by atoms with van der Waals surface area (Å²) in [5.41, 5.74) is 3.40. The zero-order valence-electron chi connectivity index (χ0n) is 15.0. The summed E-state index contributed by atoms with van der Waals surface area (Å²) < 4.78 is 5.15. The molecule has 2 N–H and O–H groups in total. The highest BCUT2D eigenvalue weighted by Gasteiger charge is 2.09. The van der Waals surface area contributed by atoms with Crippen molar-refractivity contribution in [1.29, 1.82) is 0 Å². The number of thioether (sulfide) groups is 1. The average molecular weight is 391 g/mol. The number of fused-ring (bicyclic) bond motifs is 1. The fraction of sp³-hybridized carbons (Fsp3) is 0.100. The summed E-state index contributed by atoms with van der Waals surface area (Å²) in [4.78, 5) is 19.6. The molecule has 0 unspecified atom stereocenters. The van der Waals surface area contributed by atoms with Crippen molar-refractivity contribution < 1.29 is 9.53 Å². The summed E-state index contributed by atoms with van der Waals surface area (Å²) in [6.07, 6.45) is 0. The molecule has 0 aliphatic heterocycles. The number of hydrogen-bond acceptors (Lipinski definition) is 6. The van der Waals surface area contributed by atoms with Gasteiger partial charge in [0.15, 0.2) is 0 Å². The second kappa shape index (κ2) is 8.10. The molecule has 0 bridgehead atoms. The van der Waals surface area contributed by atoms with Crippen molar-refractivity contribution >= 4 is 34.7 Å². The SMILES string of the molecule is COc1ccc(-c2ccc(SCC(=O)Nc3nc4ccccc4[nH]3)nn2)cc1. The average Bonchev–Trinajstić information content (AvgIpc) is 3.15. The van der Waals surface area contributed by atoms with Gasteiger partial charge in [0.25, 0.3) is 0 Å². The van der Waals surface area contributed by atoms with Crippen LogP contribution >= 0.6 is 11.8 Å². The van der Waals surface area contributed by atoms with Crippen molar-refractivity contribution in [3.63, 3.8) is 0 Å². The smallest absolute Gasteiger partial charge is 0.237 e. The minimum atomic E-state index is -0.162. The van der Waals surface area contributed by atoms with E-state index < -0.39 is 0 Å². The Morgan fingerprint density at radius 1 is 1.07 bits per heavy atom. The summed E-state index contributed by atoms with van der Waals surface area (Å²) in [5, 5.41) is 11.9. The maximum absolute atomic E-state index is 12.2. The number of methoxy groups -OCH3 is 1. The lowest BCUT2D eigenvalue weighted by molar-refractivity contribution is -0.113. The van der Waals surface area contributed by atoms with E-state index >= 15 is 0 Å². The predicted molar refractivity (Wildman–Crippen MR) is 109 cm³/mol. The first-order valence-electron chi connectivity index (χ1n) is 8.57. The molecule has 0 saturated heterocycles. The van der Waals surface area contributed by atoms with E-state index in [1.54, 1.807) is 7.11 Å². The van der Waals surface area contributed by atoms with Gasteiger partial charge in [-0.25, -0.2) is 4.98 Å². The van der Waals surface area contributed by atoms with E-state index in [0.717, 1.165) is 28.0 Å². The van der Waals surface area contributed by atoms with E-state index in [1.165, 1.54) is 11.8 Å². The largest absolute Gasteiger partial charge is 0.497 e. The third-order valence-corrected chi connectivity index (χ3v) is 4.94. The number of benzene rings is 2. The molecule has 0 spiro atoms. The van der Waals surface area contributed by atoms with E-state index in [1.807, 2.05) is 60.7 Å². The number of hydrogen-bond donors (Lipinski definition) is 2. The number of carbonyl (C=O) groups is 1. The van der Waals surface area contributed by atoms with E-state index in [0.29, 0.717) is 11.0 Å². The highest BCUT2D eigenvalue weighted by molar-refractivity contribution is 7.99. The third kappa shape index (κ3) is 4.12. The molecule has 2 aromatic carbocycles. The summed E-state index contributed by atoms with van der Waals surface area (Å²) in [5.74, 6) is 1.28. The van der Waals surface area contributed by atoms with Gasteiger partial charge in [-0.1, -0.05) is 23.9 Å². The number of H-pyrrole nitrogens is 1. The van der Waals surface area contributed by atoms with Crippen LogP contribution in [0.4, 0.5) is 5.95 Å². The van der Waals surface area contributed by atoms with Crippen molar-refractivity contribution in [3.8, 4) is 17.0 Å². The zero-order valence-corrected chi connectivity index (χ0v) is 15.9. The Balaban J connectivity index is 1.34. The lowest BCUT2D eigenvalue weighted by atomic mass is 10.1. The Morgan fingerprint density at radius 3 is 2.61 bits per heavy atom. The van der Waals surface area contributed by atoms with Crippen molar-refractivity contribution in [2.24, 2.45) is 0 Å². The van der Waals surface area contributed by atoms with Crippen LogP contribution in [0.1, 0.15) is 0 Å². The molecule has 0 fully saturated rings. The van der Waals surface area contributed by atoms with Crippen LogP contribution in [-0.4, -0.2) is 38.9 Å². The molecular weight excluding hydrogens is 374 g/mol. The highest BCUT2D eigenvalue weighted by Crippen LogP contribution is 2.22. The van der Waals surface area contributed by atoms with Crippen LogP contribution in [0.3, 0.4) is 0 Å². The molecule has 0 aliphatic carbocycles. The normalized spacial score (nSPS) is 10.8. The zero-order chi connectivity index (χ0) is 19.3. The molecule has 140 valence electrons. The van der Waals surface area contributed by atoms with Crippen molar-refractivity contribution in [3.05, 3.63) is 60.7 Å². The molecule has 0 atom stereocenters. The monoisotopic (exact) mass is 391 g/mol. The first kappa shape index (κ1) is 18.0. The number of nitrogens with zero attached hydrogens (tertiary/aromatic N) is 3. The molecule has 2 aromatic heterocycles. The minimum absolute atomic E-state index is 0.162. The van der Waals surface area contributed by atoms with Gasteiger partial charge in [-0.2, -0.15) is 0 Å². The molecule has 7 nitrogen and oxygen atoms in total. The van der Waals surface area contributed by atoms with Gasteiger partial charge in [0.1, 0.15) is 10.8 Å². The molecule has 2 heterocycles. The van der Waals surface area contributed by atoms with Crippen molar-refractivity contribution in [2.45, 2.75) is 5.03 Å². The van der Waals surface area contributed by atoms with Crippen molar-refractivity contribution in [1.82, 2.24) is 20.2 Å². The van der Waals surface area contributed by atoms with Crippen molar-refractivity contribution in [2.75, 3.05) is 18.2 Å². The summed E-state index contributed by atoms with van der Waals surface area (Å²) in [7, 11) is 1.63. The molecule has 0 radical (unpaired) electrons. The van der Waals surface area contributed by atoms with Gasteiger partial charge in [-0.15, -0.1) is 10.2 Å². The first-order valence-corrected chi connectivity index (χ1v) is 9.55. The third-order valence-electron chi connectivity index (χ3n) is 4.02. The molecule has 28 heavy (non-hydrogen) atoms. The van der Waals surface area contributed by atoms with Crippen LogP contribution in [0.15, 0.2) is 65.7 Å². The van der Waals surface area contributed by atoms with Gasteiger partial charge in [-0.05, 0) is 48.5 Å². The number of ether oxygens (including phenoxy) is 1. The maximum atomic E-state index is 12.2. The molecule has 1 amide bonds. The van der Waals surface area contributed by atoms with Gasteiger partial charge in [0.2, 0.25) is 11.9 Å². The number of nitrogens with one attached hydrogen (secondary N) is 2. The van der Waals surface area contributed by atoms with E-state index in [4.69, 9.17) is 4.74 Å². The number of imidazole rings is 1. The van der Waals surface area contributed by atoms with E-state index in [-0.39, 0.29) is 11.7 Å². The topological polar surface area (TPSA) is 92.8 Å². The Hall–Kier alpha value is -3.39. The van der Waals surface area contributed by atoms with Gasteiger partial charge in [-0.3, -0.25) is 10.1 Å². The van der Waals surface area contributed by atoms with Crippen LogP contribution < -0.4 is 10.1 Å². The standard InChI is InChI=1S/C20H17N5O2S/c1-27-14-8-6-13(7-9-14)15-10-11-19(25-24-15)28-12-18(26)23-20-21-16-4-2-3-5-17(16)22-20/h2-11H,12H2,1H3,(H2,21,22,23,26). The molecule has 4 rings (SSSR count). The predicted octanol–water partition coefficient (Wildman–Crippen LogP) is 3.76. The highest BCUT2D eigenvalue weighted by atomic mass is 32.2.